The molecule has 4 heteroatoms. The molecule has 1 aromatic carbocycles. The number of benzene rings is 1. The number of carbonyl (C=O) groups is 1. The summed E-state index contributed by atoms with van der Waals surface area (Å²) in [5.41, 5.74) is -0.217. The van der Waals surface area contributed by atoms with Crippen molar-refractivity contribution >= 4 is 5.97 Å². The van der Waals surface area contributed by atoms with Crippen LogP contribution in [0.25, 0.3) is 0 Å². The van der Waals surface area contributed by atoms with Crippen LogP contribution in [-0.4, -0.2) is 40.9 Å². The minimum absolute atomic E-state index is 0.179. The van der Waals surface area contributed by atoms with Gasteiger partial charge in [0.05, 0.1) is 5.56 Å². The van der Waals surface area contributed by atoms with Crippen molar-refractivity contribution in [2.24, 2.45) is 0 Å². The second-order valence-electron chi connectivity index (χ2n) is 5.62. The van der Waals surface area contributed by atoms with E-state index in [9.17, 15) is 9.90 Å². The van der Waals surface area contributed by atoms with E-state index in [0.29, 0.717) is 18.0 Å². The average molecular weight is 261 g/mol. The first kappa shape index (κ1) is 12.6. The van der Waals surface area contributed by atoms with Crippen LogP contribution < -0.4 is 0 Å². The van der Waals surface area contributed by atoms with E-state index in [4.69, 9.17) is 4.74 Å². The predicted octanol–water partition coefficient (Wildman–Crippen LogP) is 1.79. The van der Waals surface area contributed by atoms with Gasteiger partial charge in [0.15, 0.2) is 0 Å². The smallest absolute Gasteiger partial charge is 0.338 e. The summed E-state index contributed by atoms with van der Waals surface area (Å²) in [6, 6.07) is 9.34. The quantitative estimate of drug-likeness (QED) is 0.825. The second-order valence-corrected chi connectivity index (χ2v) is 5.62. The third kappa shape index (κ3) is 2.26. The van der Waals surface area contributed by atoms with E-state index in [1.54, 1.807) is 12.1 Å². The van der Waals surface area contributed by atoms with Crippen LogP contribution >= 0.6 is 0 Å². The molecule has 19 heavy (non-hydrogen) atoms. The zero-order valence-electron chi connectivity index (χ0n) is 11.1. The lowest BCUT2D eigenvalue weighted by Crippen LogP contribution is -2.52. The maximum atomic E-state index is 12.0. The molecule has 2 bridgehead atoms. The van der Waals surface area contributed by atoms with Crippen LogP contribution in [0.5, 0.6) is 0 Å². The van der Waals surface area contributed by atoms with Crippen molar-refractivity contribution in [3.8, 4) is 0 Å². The Morgan fingerprint density at radius 2 is 2.16 bits per heavy atom. The molecule has 2 aliphatic heterocycles. The highest BCUT2D eigenvalue weighted by Gasteiger charge is 2.49. The van der Waals surface area contributed by atoms with Gasteiger partial charge in [0.2, 0.25) is 0 Å². The molecular weight excluding hydrogens is 242 g/mol. The fraction of sp³-hybridized carbons (Fsp3) is 0.533. The SMILES string of the molecule is CN1C2CCC1(O)CC(OC(=O)c1ccccc1)C2. The molecule has 3 atom stereocenters. The Morgan fingerprint density at radius 3 is 2.84 bits per heavy atom. The summed E-state index contributed by atoms with van der Waals surface area (Å²) in [4.78, 5) is 14.0. The number of hydrogen-bond donors (Lipinski definition) is 1. The molecule has 0 saturated carbocycles. The molecule has 2 heterocycles. The van der Waals surface area contributed by atoms with Crippen molar-refractivity contribution in [3.05, 3.63) is 35.9 Å². The highest BCUT2D eigenvalue weighted by Crippen LogP contribution is 2.42. The Balaban J connectivity index is 1.68. The number of carbonyl (C=O) groups excluding carboxylic acids is 1. The number of piperidine rings is 1. The lowest BCUT2D eigenvalue weighted by atomic mass is 9.97. The monoisotopic (exact) mass is 261 g/mol. The van der Waals surface area contributed by atoms with Crippen LogP contribution in [0.2, 0.25) is 0 Å². The van der Waals surface area contributed by atoms with E-state index >= 15 is 0 Å². The molecule has 0 amide bonds. The first-order valence-corrected chi connectivity index (χ1v) is 6.80. The van der Waals surface area contributed by atoms with Gasteiger partial charge in [-0.2, -0.15) is 0 Å². The largest absolute Gasteiger partial charge is 0.459 e. The number of esters is 1. The van der Waals surface area contributed by atoms with Gasteiger partial charge in [0.1, 0.15) is 11.8 Å². The Hall–Kier alpha value is -1.39. The Bertz CT molecular complexity index is 476. The minimum Gasteiger partial charge on any atom is -0.459 e. The maximum Gasteiger partial charge on any atom is 0.338 e. The average Bonchev–Trinajstić information content (AvgIpc) is 2.60. The van der Waals surface area contributed by atoms with Crippen molar-refractivity contribution < 1.29 is 14.6 Å². The van der Waals surface area contributed by atoms with E-state index in [2.05, 4.69) is 0 Å². The summed E-state index contributed by atoms with van der Waals surface area (Å²) in [7, 11) is 1.95. The molecule has 2 aliphatic rings. The van der Waals surface area contributed by atoms with Crippen LogP contribution in [0, 0.1) is 0 Å². The molecule has 1 N–H and O–H groups in total. The van der Waals surface area contributed by atoms with Gasteiger partial charge in [-0.05, 0) is 32.0 Å². The molecule has 0 radical (unpaired) electrons. The molecule has 0 spiro atoms. The zero-order chi connectivity index (χ0) is 13.5. The predicted molar refractivity (Wildman–Crippen MR) is 70.6 cm³/mol. The van der Waals surface area contributed by atoms with Gasteiger partial charge in [0, 0.05) is 18.9 Å². The summed E-state index contributed by atoms with van der Waals surface area (Å²) in [5, 5.41) is 10.5. The summed E-state index contributed by atoms with van der Waals surface area (Å²) >= 11 is 0. The van der Waals surface area contributed by atoms with E-state index in [-0.39, 0.29) is 12.1 Å². The number of nitrogens with zero attached hydrogens (tertiary/aromatic N) is 1. The molecule has 3 unspecified atom stereocenters. The highest BCUT2D eigenvalue weighted by molar-refractivity contribution is 5.89. The zero-order valence-corrected chi connectivity index (χ0v) is 11.1. The van der Waals surface area contributed by atoms with E-state index in [1.807, 2.05) is 30.1 Å². The van der Waals surface area contributed by atoms with Gasteiger partial charge < -0.3 is 9.84 Å². The second kappa shape index (κ2) is 4.62. The number of hydrogen-bond acceptors (Lipinski definition) is 4. The highest BCUT2D eigenvalue weighted by atomic mass is 16.5. The molecule has 102 valence electrons. The number of ether oxygens (including phenoxy) is 1. The van der Waals surface area contributed by atoms with Gasteiger partial charge in [-0.1, -0.05) is 18.2 Å². The first-order chi connectivity index (χ1) is 9.08. The fourth-order valence-corrected chi connectivity index (χ4v) is 3.26. The first-order valence-electron chi connectivity index (χ1n) is 6.80. The topological polar surface area (TPSA) is 49.8 Å². The molecule has 0 aliphatic carbocycles. The third-order valence-electron chi connectivity index (χ3n) is 4.45. The van der Waals surface area contributed by atoms with Gasteiger partial charge >= 0.3 is 5.97 Å². The summed E-state index contributed by atoms with van der Waals surface area (Å²) < 4.78 is 5.55. The van der Waals surface area contributed by atoms with Crippen LogP contribution in [0.3, 0.4) is 0 Å². The lowest BCUT2D eigenvalue weighted by molar-refractivity contribution is -0.137. The van der Waals surface area contributed by atoms with E-state index in [1.165, 1.54) is 0 Å². The Morgan fingerprint density at radius 1 is 1.42 bits per heavy atom. The van der Waals surface area contributed by atoms with Crippen molar-refractivity contribution in [3.63, 3.8) is 0 Å². The van der Waals surface area contributed by atoms with Gasteiger partial charge in [0.25, 0.3) is 0 Å². The molecule has 4 nitrogen and oxygen atoms in total. The number of rotatable bonds is 2. The van der Waals surface area contributed by atoms with Gasteiger partial charge in [-0.15, -0.1) is 0 Å². The van der Waals surface area contributed by atoms with Crippen LogP contribution in [0.1, 0.15) is 36.0 Å². The van der Waals surface area contributed by atoms with Crippen LogP contribution in [0.15, 0.2) is 30.3 Å². The molecular formula is C15H19NO3. The van der Waals surface area contributed by atoms with Gasteiger partial charge in [-0.3, -0.25) is 4.90 Å². The fourth-order valence-electron chi connectivity index (χ4n) is 3.26. The van der Waals surface area contributed by atoms with Crippen molar-refractivity contribution in [2.45, 2.75) is 43.6 Å². The van der Waals surface area contributed by atoms with Crippen molar-refractivity contribution in [1.82, 2.24) is 4.90 Å². The number of fused-ring (bicyclic) bond motifs is 2. The Labute approximate surface area is 113 Å². The molecule has 0 aromatic heterocycles. The standard InChI is InChI=1S/C15H19NO3/c1-16-12-7-8-15(16,18)10-13(9-12)19-14(17)11-5-3-2-4-6-11/h2-6,12-13,18H,7-10H2,1H3. The van der Waals surface area contributed by atoms with Crippen molar-refractivity contribution in [1.29, 1.82) is 0 Å². The van der Waals surface area contributed by atoms with Crippen molar-refractivity contribution in [2.75, 3.05) is 7.05 Å². The molecule has 1 aromatic rings. The molecule has 3 rings (SSSR count). The van der Waals surface area contributed by atoms with E-state index in [0.717, 1.165) is 19.3 Å². The maximum absolute atomic E-state index is 12.0. The van der Waals surface area contributed by atoms with Gasteiger partial charge in [-0.25, -0.2) is 4.79 Å². The Kier molecular flexibility index (Phi) is 3.07. The van der Waals surface area contributed by atoms with Crippen LogP contribution in [0.4, 0.5) is 0 Å². The normalized spacial score (nSPS) is 34.2. The summed E-state index contributed by atoms with van der Waals surface area (Å²) in [6.45, 7) is 0. The summed E-state index contributed by atoms with van der Waals surface area (Å²) in [6.07, 6.45) is 2.90. The molecule has 2 saturated heterocycles. The van der Waals surface area contributed by atoms with E-state index < -0.39 is 5.72 Å². The minimum atomic E-state index is -0.787. The lowest BCUT2D eigenvalue weighted by Gasteiger charge is -2.41. The molecule has 2 fully saturated rings. The van der Waals surface area contributed by atoms with Crippen LogP contribution in [-0.2, 0) is 4.74 Å². The third-order valence-corrected chi connectivity index (χ3v) is 4.45. The summed E-state index contributed by atoms with van der Waals surface area (Å²) in [5.74, 6) is -0.293. The number of aliphatic hydroxyl groups is 1.